The fourth-order valence-electron chi connectivity index (χ4n) is 2.58. The fourth-order valence-corrected chi connectivity index (χ4v) is 2.73. The molecule has 0 unspecified atom stereocenters. The maximum Gasteiger partial charge on any atom is 0.187 e. The molecule has 0 radical (unpaired) electrons. The zero-order valence-corrected chi connectivity index (χ0v) is 16.4. The van der Waals surface area contributed by atoms with E-state index >= 15 is 0 Å². The van der Waals surface area contributed by atoms with Crippen molar-refractivity contribution in [2.45, 2.75) is 6.54 Å². The standard InChI is InChI=1S/C20H22N6OS/c1-27-11-10-22-20(28)24-23-13-18-15-26(14-16-6-3-2-4-7-16)25-19(18)17-8-5-9-21-12-17/h2-9,12-13,15H,10-11,14H2,1H3,(H2,22,24,28)/b23-13-. The number of rotatable bonds is 8. The minimum absolute atomic E-state index is 0.438. The quantitative estimate of drug-likeness (QED) is 0.265. The van der Waals surface area contributed by atoms with Crippen LogP contribution in [0.1, 0.15) is 11.1 Å². The molecule has 3 rings (SSSR count). The van der Waals surface area contributed by atoms with Crippen molar-refractivity contribution in [1.82, 2.24) is 25.5 Å². The Morgan fingerprint density at radius 1 is 1.25 bits per heavy atom. The van der Waals surface area contributed by atoms with Crippen LogP contribution in [-0.4, -0.2) is 46.4 Å². The van der Waals surface area contributed by atoms with Gasteiger partial charge in [-0.25, -0.2) is 0 Å². The molecule has 2 N–H and O–H groups in total. The number of hydrogen-bond donors (Lipinski definition) is 2. The minimum Gasteiger partial charge on any atom is -0.383 e. The second-order valence-electron chi connectivity index (χ2n) is 5.98. The van der Waals surface area contributed by atoms with Crippen molar-refractivity contribution in [2.75, 3.05) is 20.3 Å². The summed E-state index contributed by atoms with van der Waals surface area (Å²) in [5, 5.41) is 12.4. The van der Waals surface area contributed by atoms with E-state index in [2.05, 4.69) is 33.0 Å². The molecule has 7 nitrogen and oxygen atoms in total. The lowest BCUT2D eigenvalue weighted by Gasteiger charge is -2.05. The van der Waals surface area contributed by atoms with Crippen LogP contribution in [0.3, 0.4) is 0 Å². The van der Waals surface area contributed by atoms with Crippen molar-refractivity contribution < 1.29 is 4.74 Å². The Balaban J connectivity index is 1.76. The average Bonchev–Trinajstić information content (AvgIpc) is 3.12. The highest BCUT2D eigenvalue weighted by Gasteiger charge is 2.10. The molecule has 0 aliphatic carbocycles. The maximum absolute atomic E-state index is 5.18. The predicted octanol–water partition coefficient (Wildman–Crippen LogP) is 2.44. The van der Waals surface area contributed by atoms with Gasteiger partial charge in [0.15, 0.2) is 5.11 Å². The zero-order valence-electron chi connectivity index (χ0n) is 15.6. The molecule has 0 atom stereocenters. The van der Waals surface area contributed by atoms with Gasteiger partial charge in [0.1, 0.15) is 5.69 Å². The summed E-state index contributed by atoms with van der Waals surface area (Å²) >= 11 is 5.18. The van der Waals surface area contributed by atoms with Gasteiger partial charge >= 0.3 is 0 Å². The molecule has 0 saturated carbocycles. The van der Waals surface area contributed by atoms with Crippen LogP contribution in [0.4, 0.5) is 0 Å². The van der Waals surface area contributed by atoms with Crippen molar-refractivity contribution in [1.29, 1.82) is 0 Å². The van der Waals surface area contributed by atoms with Crippen molar-refractivity contribution in [2.24, 2.45) is 5.10 Å². The van der Waals surface area contributed by atoms with E-state index in [0.717, 1.165) is 16.8 Å². The molecule has 8 heteroatoms. The number of nitrogens with one attached hydrogen (secondary N) is 2. The van der Waals surface area contributed by atoms with E-state index in [1.807, 2.05) is 41.2 Å². The summed E-state index contributed by atoms with van der Waals surface area (Å²) in [5.41, 5.74) is 6.59. The van der Waals surface area contributed by atoms with E-state index in [0.29, 0.717) is 24.8 Å². The summed E-state index contributed by atoms with van der Waals surface area (Å²) in [7, 11) is 1.64. The predicted molar refractivity (Wildman–Crippen MR) is 114 cm³/mol. The van der Waals surface area contributed by atoms with Crippen LogP contribution in [0.2, 0.25) is 0 Å². The first kappa shape index (κ1) is 19.7. The van der Waals surface area contributed by atoms with E-state index in [1.54, 1.807) is 25.7 Å². The van der Waals surface area contributed by atoms with Crippen molar-refractivity contribution in [3.63, 3.8) is 0 Å². The Morgan fingerprint density at radius 3 is 2.86 bits per heavy atom. The first-order valence-corrected chi connectivity index (χ1v) is 9.24. The Hall–Kier alpha value is -3.10. The van der Waals surface area contributed by atoms with Crippen LogP contribution >= 0.6 is 12.2 Å². The number of aromatic nitrogens is 3. The Kier molecular flexibility index (Phi) is 7.22. The molecule has 1 aromatic carbocycles. The number of hydrogen-bond acceptors (Lipinski definition) is 5. The summed E-state index contributed by atoms with van der Waals surface area (Å²) < 4.78 is 6.87. The molecule has 0 aliphatic heterocycles. The van der Waals surface area contributed by atoms with Gasteiger partial charge in [-0.2, -0.15) is 10.2 Å². The molecule has 3 aromatic rings. The number of thiocarbonyl (C=S) groups is 1. The van der Waals surface area contributed by atoms with Gasteiger partial charge in [0.2, 0.25) is 0 Å². The van der Waals surface area contributed by atoms with Gasteiger partial charge in [0, 0.05) is 43.4 Å². The second kappa shape index (κ2) is 10.3. The molecule has 2 aromatic heterocycles. The van der Waals surface area contributed by atoms with E-state index in [-0.39, 0.29) is 0 Å². The van der Waals surface area contributed by atoms with E-state index < -0.39 is 0 Å². The van der Waals surface area contributed by atoms with Gasteiger partial charge in [-0.15, -0.1) is 0 Å². The topological polar surface area (TPSA) is 76.4 Å². The number of benzene rings is 1. The van der Waals surface area contributed by atoms with Crippen LogP contribution in [0.15, 0.2) is 66.2 Å². The number of pyridine rings is 1. The maximum atomic E-state index is 5.18. The van der Waals surface area contributed by atoms with Crippen LogP contribution in [0.25, 0.3) is 11.3 Å². The molecule has 0 aliphatic rings. The Bertz CT molecular complexity index is 911. The molecule has 0 spiro atoms. The Morgan fingerprint density at radius 2 is 2.11 bits per heavy atom. The third-order valence-electron chi connectivity index (χ3n) is 3.87. The van der Waals surface area contributed by atoms with Crippen molar-refractivity contribution >= 4 is 23.5 Å². The first-order chi connectivity index (χ1) is 13.8. The molecule has 0 bridgehead atoms. The van der Waals surface area contributed by atoms with Gasteiger partial charge in [0.25, 0.3) is 0 Å². The van der Waals surface area contributed by atoms with Crippen LogP contribution in [0.5, 0.6) is 0 Å². The first-order valence-electron chi connectivity index (χ1n) is 8.84. The van der Waals surface area contributed by atoms with Gasteiger partial charge in [-0.3, -0.25) is 15.1 Å². The van der Waals surface area contributed by atoms with E-state index in [4.69, 9.17) is 22.1 Å². The molecule has 28 heavy (non-hydrogen) atoms. The van der Waals surface area contributed by atoms with Crippen LogP contribution in [-0.2, 0) is 11.3 Å². The fraction of sp³-hybridized carbons (Fsp3) is 0.200. The lowest BCUT2D eigenvalue weighted by atomic mass is 10.1. The number of methoxy groups -OCH3 is 1. The van der Waals surface area contributed by atoms with E-state index in [9.17, 15) is 0 Å². The van der Waals surface area contributed by atoms with Crippen LogP contribution in [0, 0.1) is 0 Å². The highest BCUT2D eigenvalue weighted by molar-refractivity contribution is 7.80. The highest BCUT2D eigenvalue weighted by atomic mass is 32.1. The SMILES string of the molecule is COCCNC(=S)N/N=C\c1cn(Cc2ccccc2)nc1-c1cccnc1. The second-order valence-corrected chi connectivity index (χ2v) is 6.38. The lowest BCUT2D eigenvalue weighted by molar-refractivity contribution is 0.204. The van der Waals surface area contributed by atoms with E-state index in [1.165, 1.54) is 5.56 Å². The smallest absolute Gasteiger partial charge is 0.187 e. The summed E-state index contributed by atoms with van der Waals surface area (Å²) in [6.07, 6.45) is 7.20. The summed E-state index contributed by atoms with van der Waals surface area (Å²) in [6, 6.07) is 14.1. The Labute approximate surface area is 169 Å². The third-order valence-corrected chi connectivity index (χ3v) is 4.11. The zero-order chi connectivity index (χ0) is 19.6. The number of nitrogens with zero attached hydrogens (tertiary/aromatic N) is 4. The largest absolute Gasteiger partial charge is 0.383 e. The molecular weight excluding hydrogens is 372 g/mol. The molecule has 0 fully saturated rings. The number of ether oxygens (including phenoxy) is 1. The molecule has 144 valence electrons. The van der Waals surface area contributed by atoms with Gasteiger partial charge in [0.05, 0.1) is 19.4 Å². The van der Waals surface area contributed by atoms with Gasteiger partial charge in [-0.05, 0) is 29.9 Å². The molecule has 0 saturated heterocycles. The minimum atomic E-state index is 0.438. The average molecular weight is 395 g/mol. The highest BCUT2D eigenvalue weighted by Crippen LogP contribution is 2.20. The summed E-state index contributed by atoms with van der Waals surface area (Å²) in [4.78, 5) is 4.19. The summed E-state index contributed by atoms with van der Waals surface area (Å²) in [6.45, 7) is 1.86. The number of hydrazone groups is 1. The van der Waals surface area contributed by atoms with Crippen molar-refractivity contribution in [3.05, 3.63) is 72.2 Å². The molecule has 0 amide bonds. The monoisotopic (exact) mass is 394 g/mol. The molecular formula is C20H22N6OS. The van der Waals surface area contributed by atoms with Crippen LogP contribution < -0.4 is 10.7 Å². The van der Waals surface area contributed by atoms with Crippen molar-refractivity contribution in [3.8, 4) is 11.3 Å². The summed E-state index contributed by atoms with van der Waals surface area (Å²) in [5.74, 6) is 0. The van der Waals surface area contributed by atoms with Gasteiger partial charge in [-0.1, -0.05) is 30.3 Å². The third kappa shape index (κ3) is 5.70. The van der Waals surface area contributed by atoms with Gasteiger partial charge < -0.3 is 10.1 Å². The molecule has 2 heterocycles. The lowest BCUT2D eigenvalue weighted by Crippen LogP contribution is -2.34. The normalized spacial score (nSPS) is 10.9.